The molecule has 0 radical (unpaired) electrons. The third kappa shape index (κ3) is 7.75. The van der Waals surface area contributed by atoms with Crippen LogP contribution in [0.4, 0.5) is 16.2 Å². The predicted molar refractivity (Wildman–Crippen MR) is 101 cm³/mol. The number of carbonyl (C=O) groups is 1. The molecule has 6 nitrogen and oxygen atoms in total. The van der Waals surface area contributed by atoms with Crippen molar-refractivity contribution in [3.8, 4) is 0 Å². The molecule has 1 aliphatic rings. The van der Waals surface area contributed by atoms with Crippen LogP contribution in [0.3, 0.4) is 0 Å². The van der Waals surface area contributed by atoms with E-state index in [9.17, 15) is 4.79 Å². The molecule has 140 valence electrons. The highest BCUT2D eigenvalue weighted by Crippen LogP contribution is 2.15. The molecule has 0 aliphatic carbocycles. The number of hydrogen-bond donors (Lipinski definition) is 2. The summed E-state index contributed by atoms with van der Waals surface area (Å²) in [6, 6.07) is 7.80. The first-order valence-electron chi connectivity index (χ1n) is 9.35. The quantitative estimate of drug-likeness (QED) is 0.669. The SMILES string of the molecule is CCOCCOCCNc1ccc(NC(=O)N2CCCCCC2)cc1. The highest BCUT2D eigenvalue weighted by molar-refractivity contribution is 5.89. The smallest absolute Gasteiger partial charge is 0.321 e. The first-order chi connectivity index (χ1) is 12.3. The highest BCUT2D eigenvalue weighted by Gasteiger charge is 2.15. The minimum atomic E-state index is 0.00491. The summed E-state index contributed by atoms with van der Waals surface area (Å²) in [7, 11) is 0. The summed E-state index contributed by atoms with van der Waals surface area (Å²) < 4.78 is 10.7. The molecule has 25 heavy (non-hydrogen) atoms. The second-order valence-electron chi connectivity index (χ2n) is 6.14. The normalized spacial score (nSPS) is 14.8. The molecule has 1 heterocycles. The standard InChI is InChI=1S/C19H31N3O3/c1-2-24-15-16-25-14-11-20-17-7-9-18(10-8-17)21-19(23)22-12-5-3-4-6-13-22/h7-10,20H,2-6,11-16H2,1H3,(H,21,23). The zero-order chi connectivity index (χ0) is 17.7. The summed E-state index contributed by atoms with van der Waals surface area (Å²) in [5.41, 5.74) is 1.84. The number of urea groups is 1. The number of hydrogen-bond acceptors (Lipinski definition) is 4. The van der Waals surface area contributed by atoms with Gasteiger partial charge >= 0.3 is 6.03 Å². The fourth-order valence-corrected chi connectivity index (χ4v) is 2.78. The number of benzene rings is 1. The van der Waals surface area contributed by atoms with Crippen LogP contribution in [-0.2, 0) is 9.47 Å². The minimum absolute atomic E-state index is 0.00491. The number of likely N-dealkylation sites (tertiary alicyclic amines) is 1. The fourth-order valence-electron chi connectivity index (χ4n) is 2.78. The molecule has 1 saturated heterocycles. The van der Waals surface area contributed by atoms with Crippen LogP contribution in [0.15, 0.2) is 24.3 Å². The third-order valence-corrected chi connectivity index (χ3v) is 4.18. The van der Waals surface area contributed by atoms with Gasteiger partial charge in [-0.15, -0.1) is 0 Å². The molecule has 6 heteroatoms. The number of nitrogens with one attached hydrogen (secondary N) is 2. The van der Waals surface area contributed by atoms with Crippen LogP contribution in [0, 0.1) is 0 Å². The molecule has 2 N–H and O–H groups in total. The Hall–Kier alpha value is -1.79. The van der Waals surface area contributed by atoms with Crippen molar-refractivity contribution in [3.05, 3.63) is 24.3 Å². The Kier molecular flexibility index (Phi) is 9.15. The second-order valence-corrected chi connectivity index (χ2v) is 6.14. The van der Waals surface area contributed by atoms with Gasteiger partial charge in [0.2, 0.25) is 0 Å². The monoisotopic (exact) mass is 349 g/mol. The number of ether oxygens (including phenoxy) is 2. The lowest BCUT2D eigenvalue weighted by Gasteiger charge is -2.20. The lowest BCUT2D eigenvalue weighted by molar-refractivity contribution is 0.0570. The molecule has 0 spiro atoms. The van der Waals surface area contributed by atoms with Crippen molar-refractivity contribution in [1.29, 1.82) is 0 Å². The largest absolute Gasteiger partial charge is 0.383 e. The molecular weight excluding hydrogens is 318 g/mol. The average Bonchev–Trinajstić information content (AvgIpc) is 2.92. The zero-order valence-corrected chi connectivity index (χ0v) is 15.3. The third-order valence-electron chi connectivity index (χ3n) is 4.18. The van der Waals surface area contributed by atoms with E-state index in [4.69, 9.17) is 9.47 Å². The fraction of sp³-hybridized carbons (Fsp3) is 0.632. The Morgan fingerprint density at radius 3 is 2.28 bits per heavy atom. The molecule has 1 fully saturated rings. The van der Waals surface area contributed by atoms with E-state index in [1.807, 2.05) is 36.1 Å². The summed E-state index contributed by atoms with van der Waals surface area (Å²) in [6.45, 7) is 7.05. The van der Waals surface area contributed by atoms with Crippen LogP contribution in [0.25, 0.3) is 0 Å². The van der Waals surface area contributed by atoms with Crippen molar-refractivity contribution >= 4 is 17.4 Å². The first kappa shape index (κ1) is 19.5. The molecular formula is C19H31N3O3. The maximum Gasteiger partial charge on any atom is 0.321 e. The highest BCUT2D eigenvalue weighted by atomic mass is 16.5. The number of rotatable bonds is 9. The summed E-state index contributed by atoms with van der Waals surface area (Å²) in [5.74, 6) is 0. The lowest BCUT2D eigenvalue weighted by Crippen LogP contribution is -2.35. The van der Waals surface area contributed by atoms with Crippen LogP contribution >= 0.6 is 0 Å². The Morgan fingerprint density at radius 2 is 1.60 bits per heavy atom. The first-order valence-corrected chi connectivity index (χ1v) is 9.35. The molecule has 0 unspecified atom stereocenters. The molecule has 2 rings (SSSR count). The van der Waals surface area contributed by atoms with Gasteiger partial charge in [-0.05, 0) is 44.0 Å². The number of carbonyl (C=O) groups excluding carboxylic acids is 1. The molecule has 0 saturated carbocycles. The van der Waals surface area contributed by atoms with E-state index in [0.717, 1.165) is 50.5 Å². The molecule has 1 aromatic carbocycles. The maximum atomic E-state index is 12.3. The van der Waals surface area contributed by atoms with E-state index in [1.54, 1.807) is 0 Å². The van der Waals surface area contributed by atoms with E-state index < -0.39 is 0 Å². The molecule has 0 aromatic heterocycles. The van der Waals surface area contributed by atoms with Crippen LogP contribution in [0.2, 0.25) is 0 Å². The molecule has 0 bridgehead atoms. The van der Waals surface area contributed by atoms with Crippen molar-refractivity contribution in [3.63, 3.8) is 0 Å². The maximum absolute atomic E-state index is 12.3. The van der Waals surface area contributed by atoms with E-state index in [2.05, 4.69) is 10.6 Å². The van der Waals surface area contributed by atoms with Gasteiger partial charge in [-0.3, -0.25) is 0 Å². The van der Waals surface area contributed by atoms with Gasteiger partial charge in [-0.1, -0.05) is 12.8 Å². The van der Waals surface area contributed by atoms with E-state index >= 15 is 0 Å². The average molecular weight is 349 g/mol. The lowest BCUT2D eigenvalue weighted by atomic mass is 10.2. The Labute approximate surface area is 150 Å². The Bertz CT molecular complexity index is 485. The molecule has 0 atom stereocenters. The van der Waals surface area contributed by atoms with Crippen LogP contribution < -0.4 is 10.6 Å². The van der Waals surface area contributed by atoms with Gasteiger partial charge in [0.15, 0.2) is 0 Å². The number of anilines is 2. The summed E-state index contributed by atoms with van der Waals surface area (Å²) in [5, 5.41) is 6.28. The van der Waals surface area contributed by atoms with E-state index in [0.29, 0.717) is 19.8 Å². The Morgan fingerprint density at radius 1 is 0.960 bits per heavy atom. The molecule has 2 amide bonds. The van der Waals surface area contributed by atoms with Crippen molar-refractivity contribution in [2.45, 2.75) is 32.6 Å². The van der Waals surface area contributed by atoms with Crippen LogP contribution in [-0.4, -0.2) is 57.0 Å². The van der Waals surface area contributed by atoms with Gasteiger partial charge in [0.25, 0.3) is 0 Å². The van der Waals surface area contributed by atoms with Gasteiger partial charge in [0.1, 0.15) is 0 Å². The Balaban J connectivity index is 1.66. The van der Waals surface area contributed by atoms with Crippen molar-refractivity contribution < 1.29 is 14.3 Å². The van der Waals surface area contributed by atoms with Crippen LogP contribution in [0.5, 0.6) is 0 Å². The van der Waals surface area contributed by atoms with E-state index in [-0.39, 0.29) is 6.03 Å². The van der Waals surface area contributed by atoms with Gasteiger partial charge < -0.3 is 25.0 Å². The summed E-state index contributed by atoms with van der Waals surface area (Å²) in [6.07, 6.45) is 4.64. The number of amides is 2. The zero-order valence-electron chi connectivity index (χ0n) is 15.3. The number of nitrogens with zero attached hydrogens (tertiary/aromatic N) is 1. The van der Waals surface area contributed by atoms with Crippen molar-refractivity contribution in [2.24, 2.45) is 0 Å². The van der Waals surface area contributed by atoms with Gasteiger partial charge in [-0.25, -0.2) is 4.79 Å². The molecule has 1 aliphatic heterocycles. The second kappa shape index (κ2) is 11.7. The van der Waals surface area contributed by atoms with Gasteiger partial charge in [0.05, 0.1) is 19.8 Å². The molecule has 1 aromatic rings. The van der Waals surface area contributed by atoms with Gasteiger partial charge in [-0.2, -0.15) is 0 Å². The summed E-state index contributed by atoms with van der Waals surface area (Å²) in [4.78, 5) is 14.2. The van der Waals surface area contributed by atoms with Crippen LogP contribution in [0.1, 0.15) is 32.6 Å². The topological polar surface area (TPSA) is 62.8 Å². The minimum Gasteiger partial charge on any atom is -0.383 e. The van der Waals surface area contributed by atoms with Crippen molar-refractivity contribution in [2.75, 3.05) is 56.7 Å². The van der Waals surface area contributed by atoms with Gasteiger partial charge in [0, 0.05) is 37.6 Å². The summed E-state index contributed by atoms with van der Waals surface area (Å²) >= 11 is 0. The van der Waals surface area contributed by atoms with E-state index in [1.165, 1.54) is 12.8 Å². The van der Waals surface area contributed by atoms with Crippen molar-refractivity contribution in [1.82, 2.24) is 4.90 Å². The predicted octanol–water partition coefficient (Wildman–Crippen LogP) is 3.56.